The second-order valence-electron chi connectivity index (χ2n) is 6.88. The van der Waals surface area contributed by atoms with E-state index in [1.165, 1.54) is 35.7 Å². The van der Waals surface area contributed by atoms with E-state index in [9.17, 15) is 0 Å². The summed E-state index contributed by atoms with van der Waals surface area (Å²) in [6.45, 7) is 2.24. The van der Waals surface area contributed by atoms with Gasteiger partial charge in [0.05, 0.1) is 0 Å². The zero-order valence-corrected chi connectivity index (χ0v) is 15.6. The Hall–Kier alpha value is -2.72. The average Bonchev–Trinajstić information content (AvgIpc) is 2.73. The average molecular weight is 337 g/mol. The van der Waals surface area contributed by atoms with Gasteiger partial charge in [-0.05, 0) is 6.42 Å². The van der Waals surface area contributed by atoms with Gasteiger partial charge in [0.25, 0.3) is 0 Å². The van der Waals surface area contributed by atoms with Crippen molar-refractivity contribution in [3.8, 4) is 11.7 Å². The highest BCUT2D eigenvalue weighted by Gasteiger charge is 2.27. The molecule has 0 heterocycles. The molecule has 0 aliphatic rings. The standard InChI is InChI=1S/C25H26B/c1-2-3-4-5-15-22-26(23-16-9-6-10-17-23,24-18-11-7-12-19-24)25-20-13-8-14-21-25/h6-14,16-21H,2-5H2,1H3/q-1. The Morgan fingerprint density at radius 3 is 1.42 bits per heavy atom. The van der Waals surface area contributed by atoms with Crippen LogP contribution in [-0.4, -0.2) is 6.15 Å². The third kappa shape index (κ3) is 3.92. The maximum absolute atomic E-state index is 3.75. The molecule has 0 nitrogen and oxygen atoms in total. The van der Waals surface area contributed by atoms with Gasteiger partial charge in [0.15, 0.2) is 0 Å². The first-order valence-corrected chi connectivity index (χ1v) is 9.70. The molecular weight excluding hydrogens is 311 g/mol. The molecule has 0 amide bonds. The molecule has 0 saturated heterocycles. The molecule has 0 spiro atoms. The zero-order chi connectivity index (χ0) is 18.1. The first kappa shape index (κ1) is 18.1. The van der Waals surface area contributed by atoms with Gasteiger partial charge in [-0.2, -0.15) is 16.4 Å². The van der Waals surface area contributed by atoms with Gasteiger partial charge in [0, 0.05) is 6.42 Å². The lowest BCUT2D eigenvalue weighted by Crippen LogP contribution is -2.66. The van der Waals surface area contributed by atoms with Crippen LogP contribution >= 0.6 is 0 Å². The lowest BCUT2D eigenvalue weighted by atomic mass is 9.16. The third-order valence-electron chi connectivity index (χ3n) is 5.12. The Labute approximate surface area is 158 Å². The first-order chi connectivity index (χ1) is 12.9. The summed E-state index contributed by atoms with van der Waals surface area (Å²) >= 11 is 0. The Morgan fingerprint density at radius 2 is 1.04 bits per heavy atom. The van der Waals surface area contributed by atoms with Crippen molar-refractivity contribution in [1.82, 2.24) is 0 Å². The molecular formula is C25H26B-. The van der Waals surface area contributed by atoms with Gasteiger partial charge in [-0.3, -0.25) is 5.82 Å². The maximum Gasteiger partial charge on any atom is 0.149 e. The van der Waals surface area contributed by atoms with Gasteiger partial charge in [-0.25, -0.2) is 0 Å². The molecule has 0 fully saturated rings. The van der Waals surface area contributed by atoms with Crippen molar-refractivity contribution in [1.29, 1.82) is 0 Å². The summed E-state index contributed by atoms with van der Waals surface area (Å²) in [5.41, 5.74) is 3.86. The minimum absolute atomic E-state index is 0.962. The smallest absolute Gasteiger partial charge is 0.149 e. The zero-order valence-electron chi connectivity index (χ0n) is 15.6. The molecule has 0 N–H and O–H groups in total. The molecule has 0 bridgehead atoms. The summed E-state index contributed by atoms with van der Waals surface area (Å²) < 4.78 is 0. The van der Waals surface area contributed by atoms with Crippen molar-refractivity contribution in [2.45, 2.75) is 32.6 Å². The second kappa shape index (κ2) is 9.11. The Bertz CT molecular complexity index is 746. The summed E-state index contributed by atoms with van der Waals surface area (Å²) in [5.74, 6) is 7.29. The third-order valence-corrected chi connectivity index (χ3v) is 5.12. The van der Waals surface area contributed by atoms with E-state index in [4.69, 9.17) is 0 Å². The van der Waals surface area contributed by atoms with Crippen LogP contribution in [-0.2, 0) is 0 Å². The number of hydrogen-bond donors (Lipinski definition) is 0. The Balaban J connectivity index is 2.18. The fraction of sp³-hybridized carbons (Fsp3) is 0.200. The SMILES string of the molecule is CCCCCC#C[B-](c1ccccc1)(c1ccccc1)c1ccccc1. The molecule has 0 aliphatic carbocycles. The van der Waals surface area contributed by atoms with Crippen molar-refractivity contribution in [3.63, 3.8) is 0 Å². The van der Waals surface area contributed by atoms with E-state index in [1.807, 2.05) is 0 Å². The van der Waals surface area contributed by atoms with Gasteiger partial charge in [0.1, 0.15) is 6.15 Å². The summed E-state index contributed by atoms with van der Waals surface area (Å²) in [6.07, 6.45) is 3.32. The highest BCUT2D eigenvalue weighted by Crippen LogP contribution is 2.08. The maximum atomic E-state index is 3.75. The van der Waals surface area contributed by atoms with Gasteiger partial charge < -0.3 is 0 Å². The van der Waals surface area contributed by atoms with Crippen molar-refractivity contribution in [2.75, 3.05) is 0 Å². The fourth-order valence-corrected chi connectivity index (χ4v) is 3.74. The van der Waals surface area contributed by atoms with E-state index in [0.717, 1.165) is 6.42 Å². The van der Waals surface area contributed by atoms with Crippen LogP contribution in [0, 0.1) is 11.7 Å². The van der Waals surface area contributed by atoms with Crippen LogP contribution in [0.5, 0.6) is 0 Å². The van der Waals surface area contributed by atoms with Crippen LogP contribution in [0.3, 0.4) is 0 Å². The highest BCUT2D eigenvalue weighted by molar-refractivity contribution is 7.16. The van der Waals surface area contributed by atoms with Gasteiger partial charge in [-0.15, -0.1) is 5.92 Å². The second-order valence-corrected chi connectivity index (χ2v) is 6.88. The fourth-order valence-electron chi connectivity index (χ4n) is 3.74. The van der Waals surface area contributed by atoms with Crippen molar-refractivity contribution < 1.29 is 0 Å². The van der Waals surface area contributed by atoms with Gasteiger partial charge in [-0.1, -0.05) is 111 Å². The van der Waals surface area contributed by atoms with Gasteiger partial charge >= 0.3 is 0 Å². The first-order valence-electron chi connectivity index (χ1n) is 9.70. The van der Waals surface area contributed by atoms with Crippen LogP contribution in [0.2, 0.25) is 0 Å². The lowest BCUT2D eigenvalue weighted by molar-refractivity contribution is 0.737. The van der Waals surface area contributed by atoms with Crippen LogP contribution in [0.4, 0.5) is 0 Å². The molecule has 0 unspecified atom stereocenters. The van der Waals surface area contributed by atoms with E-state index in [1.54, 1.807) is 0 Å². The molecule has 0 radical (unpaired) electrons. The quantitative estimate of drug-likeness (QED) is 0.358. The molecule has 3 aromatic carbocycles. The van der Waals surface area contributed by atoms with E-state index in [2.05, 4.69) is 110 Å². The Morgan fingerprint density at radius 1 is 0.615 bits per heavy atom. The van der Waals surface area contributed by atoms with E-state index in [-0.39, 0.29) is 0 Å². The lowest BCUT2D eigenvalue weighted by Gasteiger charge is -2.38. The largest absolute Gasteiger partial charge is 0.297 e. The summed E-state index contributed by atoms with van der Waals surface area (Å²) in [5, 5.41) is 0. The number of unbranched alkanes of at least 4 members (excludes halogenated alkanes) is 3. The van der Waals surface area contributed by atoms with Crippen molar-refractivity contribution >= 4 is 22.5 Å². The monoisotopic (exact) mass is 337 g/mol. The van der Waals surface area contributed by atoms with E-state index in [0.29, 0.717) is 0 Å². The molecule has 0 aliphatic heterocycles. The van der Waals surface area contributed by atoms with Gasteiger partial charge in [0.2, 0.25) is 0 Å². The highest BCUT2D eigenvalue weighted by atomic mass is 14.0. The predicted octanol–water partition coefficient (Wildman–Crippen LogP) is 4.28. The molecule has 3 aromatic rings. The number of benzene rings is 3. The Kier molecular flexibility index (Phi) is 6.34. The summed E-state index contributed by atoms with van der Waals surface area (Å²) in [7, 11) is 0. The molecule has 0 saturated carbocycles. The van der Waals surface area contributed by atoms with Crippen molar-refractivity contribution in [3.05, 3.63) is 91.0 Å². The van der Waals surface area contributed by atoms with Crippen LogP contribution in [0.1, 0.15) is 32.6 Å². The topological polar surface area (TPSA) is 0 Å². The van der Waals surface area contributed by atoms with Crippen LogP contribution < -0.4 is 16.4 Å². The summed E-state index contributed by atoms with van der Waals surface area (Å²) in [6, 6.07) is 32.3. The van der Waals surface area contributed by atoms with Crippen molar-refractivity contribution in [2.24, 2.45) is 0 Å². The number of hydrogen-bond acceptors (Lipinski definition) is 0. The summed E-state index contributed by atoms with van der Waals surface area (Å²) in [4.78, 5) is 0. The molecule has 3 rings (SSSR count). The number of rotatable bonds is 6. The normalized spacial score (nSPS) is 10.8. The van der Waals surface area contributed by atoms with E-state index < -0.39 is 6.15 Å². The van der Waals surface area contributed by atoms with Crippen LogP contribution in [0.15, 0.2) is 91.0 Å². The molecule has 1 heteroatoms. The molecule has 130 valence electrons. The molecule has 0 aromatic heterocycles. The van der Waals surface area contributed by atoms with E-state index >= 15 is 0 Å². The molecule has 0 atom stereocenters. The minimum atomic E-state index is -1.29. The minimum Gasteiger partial charge on any atom is -0.297 e. The molecule has 26 heavy (non-hydrogen) atoms. The predicted molar refractivity (Wildman–Crippen MR) is 116 cm³/mol. The van der Waals surface area contributed by atoms with Crippen LogP contribution in [0.25, 0.3) is 0 Å².